The summed E-state index contributed by atoms with van der Waals surface area (Å²) in [4.78, 5) is 4.19. The Balaban J connectivity index is 0.00000220. The van der Waals surface area contributed by atoms with E-state index in [0.717, 1.165) is 18.4 Å². The number of ether oxygens (including phenoxy) is 2. The van der Waals surface area contributed by atoms with Gasteiger partial charge in [0.2, 0.25) is 0 Å². The van der Waals surface area contributed by atoms with Crippen LogP contribution in [-0.2, 0) is 9.47 Å². The molecule has 1 saturated heterocycles. The molecule has 122 valence electrons. The van der Waals surface area contributed by atoms with Crippen LogP contribution < -0.4 is 11.1 Å². The molecule has 0 aromatic heterocycles. The van der Waals surface area contributed by atoms with E-state index in [-0.39, 0.29) is 35.9 Å². The Hall–Kier alpha value is -0.340. The Morgan fingerprint density at radius 1 is 1.33 bits per heavy atom. The molecule has 1 spiro atoms. The summed E-state index contributed by atoms with van der Waals surface area (Å²) < 4.78 is 12.1. The van der Waals surface area contributed by atoms with Gasteiger partial charge in [-0.2, -0.15) is 0 Å². The highest BCUT2D eigenvalue weighted by atomic mass is 127. The average molecular weight is 409 g/mol. The van der Waals surface area contributed by atoms with Crippen LogP contribution in [0.3, 0.4) is 0 Å². The molecular weight excluding hydrogens is 381 g/mol. The fourth-order valence-corrected chi connectivity index (χ4v) is 2.74. The third kappa shape index (κ3) is 6.12. The minimum atomic E-state index is -0.327. The van der Waals surface area contributed by atoms with E-state index in [1.165, 1.54) is 25.7 Å². The van der Waals surface area contributed by atoms with E-state index in [0.29, 0.717) is 25.7 Å². The molecule has 21 heavy (non-hydrogen) atoms. The van der Waals surface area contributed by atoms with Crippen molar-refractivity contribution in [2.45, 2.75) is 57.3 Å². The number of rotatable bonds is 4. The van der Waals surface area contributed by atoms with Gasteiger partial charge in [0, 0.05) is 19.4 Å². The third-order valence-electron chi connectivity index (χ3n) is 3.81. The highest BCUT2D eigenvalue weighted by Gasteiger charge is 2.41. The Labute approximate surface area is 144 Å². The zero-order valence-corrected chi connectivity index (χ0v) is 15.2. The van der Waals surface area contributed by atoms with Crippen molar-refractivity contribution in [2.24, 2.45) is 10.7 Å². The zero-order valence-electron chi connectivity index (χ0n) is 12.9. The first-order valence-electron chi connectivity index (χ1n) is 7.60. The number of nitrogens with one attached hydrogen (secondary N) is 1. The minimum Gasteiger partial charge on any atom is -0.370 e. The Morgan fingerprint density at radius 2 is 2.00 bits per heavy atom. The van der Waals surface area contributed by atoms with Crippen LogP contribution >= 0.6 is 24.0 Å². The molecule has 6 heteroatoms. The number of guanidine groups is 1. The molecule has 2 rings (SSSR count). The van der Waals surface area contributed by atoms with Gasteiger partial charge in [-0.1, -0.05) is 25.0 Å². The Morgan fingerprint density at radius 3 is 2.62 bits per heavy atom. The van der Waals surface area contributed by atoms with Crippen LogP contribution in [0.1, 0.15) is 45.4 Å². The fraction of sp³-hybridized carbons (Fsp3) is 0.800. The van der Waals surface area contributed by atoms with Gasteiger partial charge in [0.25, 0.3) is 0 Å². The van der Waals surface area contributed by atoms with Crippen molar-refractivity contribution >= 4 is 29.9 Å². The van der Waals surface area contributed by atoms with E-state index in [1.807, 2.05) is 6.92 Å². The summed E-state index contributed by atoms with van der Waals surface area (Å²) in [5.41, 5.74) is 6.79. The van der Waals surface area contributed by atoms with Crippen LogP contribution in [0.15, 0.2) is 17.1 Å². The maximum Gasteiger partial charge on any atom is 0.188 e. The van der Waals surface area contributed by atoms with Gasteiger partial charge in [0.05, 0.1) is 13.2 Å². The second-order valence-corrected chi connectivity index (χ2v) is 5.92. The van der Waals surface area contributed by atoms with E-state index < -0.39 is 0 Å². The van der Waals surface area contributed by atoms with Crippen molar-refractivity contribution in [1.29, 1.82) is 0 Å². The number of hydrogen-bond acceptors (Lipinski definition) is 3. The predicted molar refractivity (Wildman–Crippen MR) is 96.0 cm³/mol. The topological polar surface area (TPSA) is 68.9 Å². The molecule has 3 N–H and O–H groups in total. The first-order chi connectivity index (χ1) is 9.60. The van der Waals surface area contributed by atoms with Gasteiger partial charge in [-0.15, -0.1) is 24.0 Å². The molecule has 1 atom stereocenters. The minimum absolute atomic E-state index is 0. The van der Waals surface area contributed by atoms with Crippen molar-refractivity contribution in [2.75, 3.05) is 19.7 Å². The van der Waals surface area contributed by atoms with Crippen LogP contribution in [0.25, 0.3) is 0 Å². The van der Waals surface area contributed by atoms with Crippen molar-refractivity contribution in [1.82, 2.24) is 5.32 Å². The molecular formula is C15H28IN3O2. The molecule has 0 radical (unpaired) electrons. The molecule has 1 saturated carbocycles. The quantitative estimate of drug-likeness (QED) is 0.324. The standard InChI is InChI=1S/C15H27N3O2.HI/c1-12(2)9-17-14(16)18-10-13-11-19-15(20-13)7-5-3-4-6-8-15;/h13H,1,3-11H2,2H3,(H3,16,17,18);1H. The molecule has 2 fully saturated rings. The van der Waals surface area contributed by atoms with Gasteiger partial charge in [-0.25, -0.2) is 4.99 Å². The lowest BCUT2D eigenvalue weighted by molar-refractivity contribution is -0.175. The lowest BCUT2D eigenvalue weighted by Gasteiger charge is -2.26. The monoisotopic (exact) mass is 409 g/mol. The summed E-state index contributed by atoms with van der Waals surface area (Å²) in [6.07, 6.45) is 7.07. The van der Waals surface area contributed by atoms with E-state index >= 15 is 0 Å². The molecule has 1 heterocycles. The highest BCUT2D eigenvalue weighted by molar-refractivity contribution is 14.0. The second-order valence-electron chi connectivity index (χ2n) is 5.92. The number of nitrogens with zero attached hydrogens (tertiary/aromatic N) is 1. The fourth-order valence-electron chi connectivity index (χ4n) is 2.74. The van der Waals surface area contributed by atoms with Gasteiger partial charge in [-0.05, 0) is 19.8 Å². The molecule has 0 amide bonds. The van der Waals surface area contributed by atoms with E-state index in [2.05, 4.69) is 16.9 Å². The van der Waals surface area contributed by atoms with Gasteiger partial charge in [0.1, 0.15) is 6.10 Å². The number of halogens is 1. The lowest BCUT2D eigenvalue weighted by atomic mass is 10.1. The zero-order chi connectivity index (χ0) is 14.4. The molecule has 5 nitrogen and oxygen atoms in total. The molecule has 0 bridgehead atoms. The normalized spacial score (nSPS) is 25.2. The molecule has 1 unspecified atom stereocenters. The molecule has 0 aromatic rings. The summed E-state index contributed by atoms with van der Waals surface area (Å²) >= 11 is 0. The largest absolute Gasteiger partial charge is 0.370 e. The van der Waals surface area contributed by atoms with Crippen LogP contribution in [-0.4, -0.2) is 37.5 Å². The maximum absolute atomic E-state index is 6.13. The Bertz CT molecular complexity index is 366. The SMILES string of the molecule is C=C(C)CN=C(N)NCC1COC2(CCCCCC2)O1.I. The number of hydrogen-bond donors (Lipinski definition) is 2. The summed E-state index contributed by atoms with van der Waals surface area (Å²) in [6, 6.07) is 0. The summed E-state index contributed by atoms with van der Waals surface area (Å²) in [6.45, 7) is 7.57. The molecule has 1 aliphatic heterocycles. The molecule has 0 aromatic carbocycles. The van der Waals surface area contributed by atoms with E-state index in [9.17, 15) is 0 Å². The summed E-state index contributed by atoms with van der Waals surface area (Å²) in [5.74, 6) is 0.116. The van der Waals surface area contributed by atoms with Crippen LogP contribution in [0.2, 0.25) is 0 Å². The average Bonchev–Trinajstić information content (AvgIpc) is 2.66. The lowest BCUT2D eigenvalue weighted by Crippen LogP contribution is -2.39. The van der Waals surface area contributed by atoms with Crippen molar-refractivity contribution < 1.29 is 9.47 Å². The van der Waals surface area contributed by atoms with Crippen molar-refractivity contribution in [3.05, 3.63) is 12.2 Å². The van der Waals surface area contributed by atoms with E-state index in [4.69, 9.17) is 15.2 Å². The molecule has 2 aliphatic rings. The summed E-state index contributed by atoms with van der Waals surface area (Å²) in [5, 5.41) is 3.10. The van der Waals surface area contributed by atoms with Crippen LogP contribution in [0, 0.1) is 0 Å². The first-order valence-corrected chi connectivity index (χ1v) is 7.60. The third-order valence-corrected chi connectivity index (χ3v) is 3.81. The maximum atomic E-state index is 6.13. The molecule has 1 aliphatic carbocycles. The van der Waals surface area contributed by atoms with Crippen LogP contribution in [0.4, 0.5) is 0 Å². The summed E-state index contributed by atoms with van der Waals surface area (Å²) in [7, 11) is 0. The number of nitrogens with two attached hydrogens (primary N) is 1. The second kappa shape index (κ2) is 8.95. The Kier molecular flexibility index (Phi) is 7.97. The van der Waals surface area contributed by atoms with Gasteiger partial charge >= 0.3 is 0 Å². The van der Waals surface area contributed by atoms with Gasteiger partial charge < -0.3 is 20.5 Å². The van der Waals surface area contributed by atoms with Gasteiger partial charge in [0.15, 0.2) is 11.7 Å². The van der Waals surface area contributed by atoms with E-state index in [1.54, 1.807) is 0 Å². The van der Waals surface area contributed by atoms with Crippen molar-refractivity contribution in [3.8, 4) is 0 Å². The predicted octanol–water partition coefficient (Wildman–Crippen LogP) is 2.55. The first kappa shape index (κ1) is 18.7. The smallest absolute Gasteiger partial charge is 0.188 e. The van der Waals surface area contributed by atoms with Gasteiger partial charge in [-0.3, -0.25) is 0 Å². The van der Waals surface area contributed by atoms with Crippen molar-refractivity contribution in [3.63, 3.8) is 0 Å². The van der Waals surface area contributed by atoms with Crippen LogP contribution in [0.5, 0.6) is 0 Å². The highest BCUT2D eigenvalue weighted by Crippen LogP contribution is 2.36. The number of aliphatic imine (C=N–C) groups is 1.